The van der Waals surface area contributed by atoms with Gasteiger partial charge in [-0.3, -0.25) is 4.90 Å². The zero-order valence-corrected chi connectivity index (χ0v) is 17.6. The fraction of sp³-hybridized carbons (Fsp3) is 0.192. The molecule has 0 amide bonds. The van der Waals surface area contributed by atoms with E-state index in [2.05, 4.69) is 4.90 Å². The summed E-state index contributed by atoms with van der Waals surface area (Å²) in [7, 11) is 1.62. The molecule has 32 heavy (non-hydrogen) atoms. The first kappa shape index (κ1) is 20.3. The second-order valence-corrected chi connectivity index (χ2v) is 7.79. The third-order valence-electron chi connectivity index (χ3n) is 5.81. The van der Waals surface area contributed by atoms with Crippen molar-refractivity contribution in [2.45, 2.75) is 13.0 Å². The summed E-state index contributed by atoms with van der Waals surface area (Å²) in [5, 5.41) is 0.841. The second-order valence-electron chi connectivity index (χ2n) is 7.79. The van der Waals surface area contributed by atoms with Crippen molar-refractivity contribution in [1.29, 1.82) is 0 Å². The highest BCUT2D eigenvalue weighted by Gasteiger charge is 2.23. The van der Waals surface area contributed by atoms with Gasteiger partial charge in [0.1, 0.15) is 29.6 Å². The fourth-order valence-electron chi connectivity index (χ4n) is 4.11. The molecule has 0 saturated carbocycles. The molecule has 4 aromatic rings. The molecule has 0 atom stereocenters. The largest absolute Gasteiger partial charge is 0.497 e. The predicted octanol–water partition coefficient (Wildman–Crippen LogP) is 5.00. The normalized spacial score (nSPS) is 13.6. The van der Waals surface area contributed by atoms with Gasteiger partial charge >= 0.3 is 5.63 Å². The Morgan fingerprint density at radius 3 is 2.66 bits per heavy atom. The molecular formula is C26H22FNO4. The van der Waals surface area contributed by atoms with E-state index in [4.69, 9.17) is 13.9 Å². The van der Waals surface area contributed by atoms with Crippen LogP contribution >= 0.6 is 0 Å². The molecule has 0 radical (unpaired) electrons. The van der Waals surface area contributed by atoms with E-state index in [-0.39, 0.29) is 5.82 Å². The Morgan fingerprint density at radius 1 is 1.06 bits per heavy atom. The Labute approximate surface area is 184 Å². The summed E-state index contributed by atoms with van der Waals surface area (Å²) in [4.78, 5) is 14.5. The quantitative estimate of drug-likeness (QED) is 0.416. The topological polar surface area (TPSA) is 51.9 Å². The molecule has 3 aromatic carbocycles. The zero-order chi connectivity index (χ0) is 22.1. The summed E-state index contributed by atoms with van der Waals surface area (Å²) in [5.41, 5.74) is 3.30. The molecule has 5 nitrogen and oxygen atoms in total. The van der Waals surface area contributed by atoms with Gasteiger partial charge < -0.3 is 13.9 Å². The lowest BCUT2D eigenvalue weighted by Gasteiger charge is -2.29. The summed E-state index contributed by atoms with van der Waals surface area (Å²) in [6.07, 6.45) is 0.567. The number of halogens is 1. The van der Waals surface area contributed by atoms with Crippen LogP contribution < -0.4 is 15.1 Å². The second kappa shape index (κ2) is 8.48. The number of hydrogen-bond acceptors (Lipinski definition) is 5. The van der Waals surface area contributed by atoms with E-state index in [1.165, 1.54) is 12.1 Å². The summed E-state index contributed by atoms with van der Waals surface area (Å²) in [5.74, 6) is 1.25. The Morgan fingerprint density at radius 2 is 1.88 bits per heavy atom. The average Bonchev–Trinajstić information content (AvgIpc) is 2.83. The van der Waals surface area contributed by atoms with Crippen LogP contribution in [0.1, 0.15) is 11.1 Å². The van der Waals surface area contributed by atoms with Crippen LogP contribution in [0.2, 0.25) is 0 Å². The minimum atomic E-state index is -0.416. The molecule has 6 heteroatoms. The number of fused-ring (bicyclic) bond motifs is 3. The molecule has 0 spiro atoms. The SMILES string of the molecule is COc1ccc(-c2cc(=O)oc3c4c(ccc23)OCN(CCc2ccccc2F)C4)cc1. The lowest BCUT2D eigenvalue weighted by atomic mass is 9.99. The molecule has 0 fully saturated rings. The average molecular weight is 431 g/mol. The molecule has 1 aromatic heterocycles. The first-order valence-electron chi connectivity index (χ1n) is 10.4. The van der Waals surface area contributed by atoms with Gasteiger partial charge in [-0.25, -0.2) is 9.18 Å². The van der Waals surface area contributed by atoms with Crippen LogP contribution in [0.5, 0.6) is 11.5 Å². The highest BCUT2D eigenvalue weighted by molar-refractivity contribution is 5.95. The molecule has 2 heterocycles. The molecule has 0 unspecified atom stereocenters. The minimum absolute atomic E-state index is 0.202. The molecule has 5 rings (SSSR count). The maximum absolute atomic E-state index is 14.0. The number of hydrogen-bond donors (Lipinski definition) is 0. The van der Waals surface area contributed by atoms with Crippen molar-refractivity contribution in [2.75, 3.05) is 20.4 Å². The third-order valence-corrected chi connectivity index (χ3v) is 5.81. The summed E-state index contributed by atoms with van der Waals surface area (Å²) >= 11 is 0. The number of rotatable bonds is 5. The minimum Gasteiger partial charge on any atom is -0.497 e. The van der Waals surface area contributed by atoms with E-state index in [1.54, 1.807) is 19.2 Å². The van der Waals surface area contributed by atoms with Gasteiger partial charge in [-0.1, -0.05) is 30.3 Å². The van der Waals surface area contributed by atoms with Crippen LogP contribution in [0, 0.1) is 5.82 Å². The van der Waals surface area contributed by atoms with Gasteiger partial charge in [-0.2, -0.15) is 0 Å². The first-order valence-corrected chi connectivity index (χ1v) is 10.4. The van der Waals surface area contributed by atoms with Crippen molar-refractivity contribution >= 4 is 11.0 Å². The van der Waals surface area contributed by atoms with Crippen molar-refractivity contribution in [3.8, 4) is 22.6 Å². The van der Waals surface area contributed by atoms with E-state index < -0.39 is 5.63 Å². The maximum atomic E-state index is 14.0. The van der Waals surface area contributed by atoms with E-state index in [0.29, 0.717) is 43.1 Å². The fourth-order valence-corrected chi connectivity index (χ4v) is 4.11. The van der Waals surface area contributed by atoms with Crippen molar-refractivity contribution in [3.05, 3.63) is 94.1 Å². The first-order chi connectivity index (χ1) is 15.6. The Bertz CT molecular complexity index is 1330. The van der Waals surface area contributed by atoms with Gasteiger partial charge in [0.2, 0.25) is 0 Å². The van der Waals surface area contributed by atoms with Crippen LogP contribution in [-0.2, 0) is 13.0 Å². The third kappa shape index (κ3) is 3.85. The molecular weight excluding hydrogens is 409 g/mol. The number of nitrogens with zero attached hydrogens (tertiary/aromatic N) is 1. The number of methoxy groups -OCH3 is 1. The van der Waals surface area contributed by atoms with Crippen molar-refractivity contribution in [1.82, 2.24) is 4.90 Å². The molecule has 162 valence electrons. The Balaban J connectivity index is 1.48. The van der Waals surface area contributed by atoms with Gasteiger partial charge in [0.25, 0.3) is 0 Å². The van der Waals surface area contributed by atoms with Gasteiger partial charge in [0.15, 0.2) is 0 Å². The van der Waals surface area contributed by atoms with E-state index in [0.717, 1.165) is 27.8 Å². The van der Waals surface area contributed by atoms with Gasteiger partial charge in [-0.15, -0.1) is 0 Å². The van der Waals surface area contributed by atoms with Crippen molar-refractivity contribution in [3.63, 3.8) is 0 Å². The molecule has 1 aliphatic rings. The molecule has 0 saturated heterocycles. The summed E-state index contributed by atoms with van der Waals surface area (Å²) in [6, 6.07) is 19.7. The van der Waals surface area contributed by atoms with Crippen LogP contribution in [0.4, 0.5) is 4.39 Å². The van der Waals surface area contributed by atoms with Crippen molar-refractivity contribution in [2.24, 2.45) is 0 Å². The van der Waals surface area contributed by atoms with Gasteiger partial charge in [0, 0.05) is 24.5 Å². The molecule has 0 N–H and O–H groups in total. The van der Waals surface area contributed by atoms with E-state index in [1.807, 2.05) is 42.5 Å². The van der Waals surface area contributed by atoms with Gasteiger partial charge in [-0.05, 0) is 53.4 Å². The van der Waals surface area contributed by atoms with Gasteiger partial charge in [0.05, 0.1) is 12.7 Å². The summed E-state index contributed by atoms with van der Waals surface area (Å²) in [6.45, 7) is 1.57. The Kier molecular flexibility index (Phi) is 5.37. The zero-order valence-electron chi connectivity index (χ0n) is 17.6. The van der Waals surface area contributed by atoms with E-state index >= 15 is 0 Å². The lowest BCUT2D eigenvalue weighted by molar-refractivity contribution is 0.0965. The van der Waals surface area contributed by atoms with Crippen LogP contribution in [0.3, 0.4) is 0 Å². The highest BCUT2D eigenvalue weighted by Crippen LogP contribution is 2.36. The van der Waals surface area contributed by atoms with E-state index in [9.17, 15) is 9.18 Å². The maximum Gasteiger partial charge on any atom is 0.336 e. The predicted molar refractivity (Wildman–Crippen MR) is 120 cm³/mol. The lowest BCUT2D eigenvalue weighted by Crippen LogP contribution is -2.33. The number of benzene rings is 3. The standard InChI is InChI=1S/C26H22FNO4/c1-30-19-8-6-17(7-9-19)21-14-25(29)32-26-20(21)10-11-24-22(26)15-28(16-31-24)13-12-18-4-2-3-5-23(18)27/h2-11,14H,12-13,15-16H2,1H3. The number of ether oxygens (including phenoxy) is 2. The van der Waals surface area contributed by atoms with Crippen molar-refractivity contribution < 1.29 is 18.3 Å². The smallest absolute Gasteiger partial charge is 0.336 e. The molecule has 0 aliphatic carbocycles. The highest BCUT2D eigenvalue weighted by atomic mass is 19.1. The molecule has 0 bridgehead atoms. The Hall–Kier alpha value is -3.64. The van der Waals surface area contributed by atoms with Crippen LogP contribution in [0.15, 0.2) is 75.9 Å². The molecule has 1 aliphatic heterocycles. The van der Waals surface area contributed by atoms with Crippen LogP contribution in [0.25, 0.3) is 22.1 Å². The van der Waals surface area contributed by atoms with Crippen LogP contribution in [-0.4, -0.2) is 25.3 Å². The summed E-state index contributed by atoms with van der Waals surface area (Å²) < 4.78 is 30.8. The monoisotopic (exact) mass is 431 g/mol.